The normalized spacial score (nSPS) is 29.4. The predicted molar refractivity (Wildman–Crippen MR) is 72.4 cm³/mol. The van der Waals surface area contributed by atoms with Crippen LogP contribution in [0.4, 0.5) is 10.1 Å². The number of nitrogens with one attached hydrogen (secondary N) is 1. The monoisotopic (exact) mass is 262 g/mol. The molecular weight excluding hydrogens is 243 g/mol. The highest BCUT2D eigenvalue weighted by molar-refractivity contribution is 6.00. The van der Waals surface area contributed by atoms with E-state index in [-0.39, 0.29) is 23.2 Å². The summed E-state index contributed by atoms with van der Waals surface area (Å²) in [5.74, 6) is 0.202. The number of amides is 1. The summed E-state index contributed by atoms with van der Waals surface area (Å²) in [5, 5.41) is 3.37. The van der Waals surface area contributed by atoms with E-state index >= 15 is 0 Å². The van der Waals surface area contributed by atoms with Crippen molar-refractivity contribution in [3.63, 3.8) is 0 Å². The lowest BCUT2D eigenvalue weighted by Crippen LogP contribution is -2.45. The van der Waals surface area contributed by atoms with Crippen molar-refractivity contribution < 1.29 is 9.18 Å². The minimum absolute atomic E-state index is 0.151. The Labute approximate surface area is 112 Å². The topological polar surface area (TPSA) is 32.3 Å². The lowest BCUT2D eigenvalue weighted by molar-refractivity contribution is -0.125. The largest absolute Gasteiger partial charge is 0.316 e. The Hall–Kier alpha value is -1.42. The molecule has 1 N–H and O–H groups in total. The van der Waals surface area contributed by atoms with E-state index in [0.29, 0.717) is 5.92 Å². The predicted octanol–water partition coefficient (Wildman–Crippen LogP) is 2.18. The van der Waals surface area contributed by atoms with E-state index in [4.69, 9.17) is 0 Å². The molecule has 1 aromatic carbocycles. The molecule has 19 heavy (non-hydrogen) atoms. The van der Waals surface area contributed by atoms with Gasteiger partial charge in [-0.05, 0) is 37.2 Å². The molecule has 2 saturated heterocycles. The van der Waals surface area contributed by atoms with Gasteiger partial charge in [0.15, 0.2) is 0 Å². The van der Waals surface area contributed by atoms with Gasteiger partial charge in [-0.15, -0.1) is 0 Å². The molecule has 1 amide bonds. The highest BCUT2D eigenvalue weighted by atomic mass is 19.1. The molecule has 0 aliphatic carbocycles. The second-order valence-electron chi connectivity index (χ2n) is 6.04. The van der Waals surface area contributed by atoms with Crippen molar-refractivity contribution in [2.75, 3.05) is 18.0 Å². The number of carbonyl (C=O) groups is 1. The van der Waals surface area contributed by atoms with Gasteiger partial charge >= 0.3 is 0 Å². The van der Waals surface area contributed by atoms with Gasteiger partial charge in [-0.2, -0.15) is 0 Å². The number of nitrogens with zero attached hydrogens (tertiary/aromatic N) is 1. The van der Waals surface area contributed by atoms with Crippen LogP contribution in [-0.2, 0) is 4.79 Å². The Bertz CT molecular complexity index is 497. The fraction of sp³-hybridized carbons (Fsp3) is 0.533. The van der Waals surface area contributed by atoms with Gasteiger partial charge in [0.05, 0.1) is 5.41 Å². The molecular formula is C15H19FN2O. The highest BCUT2D eigenvalue weighted by Gasteiger charge is 2.54. The van der Waals surface area contributed by atoms with Gasteiger partial charge in [-0.1, -0.05) is 13.8 Å². The quantitative estimate of drug-likeness (QED) is 0.841. The van der Waals surface area contributed by atoms with Crippen LogP contribution in [0.25, 0.3) is 0 Å². The van der Waals surface area contributed by atoms with Crippen LogP contribution in [-0.4, -0.2) is 25.0 Å². The second kappa shape index (κ2) is 4.30. The lowest BCUT2D eigenvalue weighted by Gasteiger charge is -2.33. The average molecular weight is 262 g/mol. The maximum absolute atomic E-state index is 13.0. The van der Waals surface area contributed by atoms with E-state index in [2.05, 4.69) is 5.32 Å². The van der Waals surface area contributed by atoms with Crippen molar-refractivity contribution in [1.82, 2.24) is 5.32 Å². The third-order valence-electron chi connectivity index (χ3n) is 4.58. The zero-order valence-corrected chi connectivity index (χ0v) is 11.3. The standard InChI is InChI=1S/C15H19FN2O/c1-15(2)12-9-17-8-7-13(12)18(14(15)19)11-5-3-10(16)4-6-11/h3-6,12-13,17H,7-9H2,1-2H3. The summed E-state index contributed by atoms with van der Waals surface area (Å²) in [7, 11) is 0. The molecule has 1 aromatic rings. The van der Waals surface area contributed by atoms with Gasteiger partial charge in [0, 0.05) is 24.2 Å². The minimum Gasteiger partial charge on any atom is -0.316 e. The number of fused-ring (bicyclic) bond motifs is 1. The van der Waals surface area contributed by atoms with E-state index < -0.39 is 0 Å². The van der Waals surface area contributed by atoms with Crippen molar-refractivity contribution >= 4 is 11.6 Å². The van der Waals surface area contributed by atoms with Crippen LogP contribution in [0.2, 0.25) is 0 Å². The zero-order valence-electron chi connectivity index (χ0n) is 11.3. The zero-order chi connectivity index (χ0) is 13.6. The number of hydrogen-bond donors (Lipinski definition) is 1. The van der Waals surface area contributed by atoms with Crippen LogP contribution in [0, 0.1) is 17.2 Å². The van der Waals surface area contributed by atoms with E-state index in [1.807, 2.05) is 18.7 Å². The van der Waals surface area contributed by atoms with Crippen LogP contribution in [0.3, 0.4) is 0 Å². The molecule has 0 aromatic heterocycles. The first-order chi connectivity index (χ1) is 9.01. The number of hydrogen-bond acceptors (Lipinski definition) is 2. The number of rotatable bonds is 1. The van der Waals surface area contributed by atoms with Gasteiger partial charge in [-0.3, -0.25) is 4.79 Å². The number of benzene rings is 1. The molecule has 0 spiro atoms. The van der Waals surface area contributed by atoms with E-state index in [1.54, 1.807) is 12.1 Å². The molecule has 3 nitrogen and oxygen atoms in total. The van der Waals surface area contributed by atoms with Crippen LogP contribution in [0.15, 0.2) is 24.3 Å². The third-order valence-corrected chi connectivity index (χ3v) is 4.58. The Morgan fingerprint density at radius 1 is 1.32 bits per heavy atom. The summed E-state index contributed by atoms with van der Waals surface area (Å²) < 4.78 is 13.0. The molecule has 2 fully saturated rings. The Balaban J connectivity index is 2.00. The second-order valence-corrected chi connectivity index (χ2v) is 6.04. The Morgan fingerprint density at radius 2 is 2.00 bits per heavy atom. The molecule has 3 rings (SSSR count). The number of halogens is 1. The molecule has 0 saturated carbocycles. The maximum Gasteiger partial charge on any atom is 0.233 e. The molecule has 102 valence electrons. The first kappa shape index (κ1) is 12.6. The molecule has 2 heterocycles. The first-order valence-corrected chi connectivity index (χ1v) is 6.82. The smallest absolute Gasteiger partial charge is 0.233 e. The number of carbonyl (C=O) groups excluding carboxylic acids is 1. The average Bonchev–Trinajstić information content (AvgIpc) is 2.60. The SMILES string of the molecule is CC1(C)C(=O)N(c2ccc(F)cc2)C2CCNCC21. The fourth-order valence-electron chi connectivity index (χ4n) is 3.42. The molecule has 0 radical (unpaired) electrons. The van der Waals surface area contributed by atoms with Crippen molar-refractivity contribution in [2.45, 2.75) is 26.3 Å². The van der Waals surface area contributed by atoms with Gasteiger partial charge in [0.2, 0.25) is 5.91 Å². The Morgan fingerprint density at radius 3 is 2.68 bits per heavy atom. The molecule has 2 atom stereocenters. The molecule has 4 heteroatoms. The summed E-state index contributed by atoms with van der Waals surface area (Å²) in [6.07, 6.45) is 0.956. The van der Waals surface area contributed by atoms with Crippen LogP contribution < -0.4 is 10.2 Å². The van der Waals surface area contributed by atoms with E-state index in [0.717, 1.165) is 25.2 Å². The van der Waals surface area contributed by atoms with Gasteiger partial charge < -0.3 is 10.2 Å². The van der Waals surface area contributed by atoms with Crippen molar-refractivity contribution in [3.05, 3.63) is 30.1 Å². The van der Waals surface area contributed by atoms with Gasteiger partial charge in [0.25, 0.3) is 0 Å². The summed E-state index contributed by atoms with van der Waals surface area (Å²) in [6.45, 7) is 5.84. The van der Waals surface area contributed by atoms with Crippen molar-refractivity contribution in [1.29, 1.82) is 0 Å². The third kappa shape index (κ3) is 1.86. The fourth-order valence-corrected chi connectivity index (χ4v) is 3.42. The lowest BCUT2D eigenvalue weighted by atomic mass is 9.76. The molecule has 0 bridgehead atoms. The van der Waals surface area contributed by atoms with Crippen molar-refractivity contribution in [3.8, 4) is 0 Å². The highest BCUT2D eigenvalue weighted by Crippen LogP contribution is 2.45. The van der Waals surface area contributed by atoms with E-state index in [9.17, 15) is 9.18 Å². The number of anilines is 1. The van der Waals surface area contributed by atoms with Crippen LogP contribution in [0.1, 0.15) is 20.3 Å². The molecule has 2 unspecified atom stereocenters. The number of piperidine rings is 1. The maximum atomic E-state index is 13.0. The summed E-state index contributed by atoms with van der Waals surface area (Å²) in [4.78, 5) is 14.6. The molecule has 2 aliphatic heterocycles. The van der Waals surface area contributed by atoms with Crippen molar-refractivity contribution in [2.24, 2.45) is 11.3 Å². The van der Waals surface area contributed by atoms with Crippen LogP contribution >= 0.6 is 0 Å². The minimum atomic E-state index is -0.355. The first-order valence-electron chi connectivity index (χ1n) is 6.82. The summed E-state index contributed by atoms with van der Waals surface area (Å²) >= 11 is 0. The van der Waals surface area contributed by atoms with Gasteiger partial charge in [0.1, 0.15) is 5.82 Å². The van der Waals surface area contributed by atoms with Gasteiger partial charge in [-0.25, -0.2) is 4.39 Å². The van der Waals surface area contributed by atoms with Crippen LogP contribution in [0.5, 0.6) is 0 Å². The summed E-state index contributed by atoms with van der Waals surface area (Å²) in [5.41, 5.74) is 0.459. The molecule has 2 aliphatic rings. The Kier molecular flexibility index (Phi) is 2.86. The van der Waals surface area contributed by atoms with E-state index in [1.165, 1.54) is 12.1 Å². The summed E-state index contributed by atoms with van der Waals surface area (Å²) in [6, 6.07) is 6.48.